The number of hydrogen-bond acceptors (Lipinski definition) is 4. The van der Waals surface area contributed by atoms with Gasteiger partial charge in [-0.3, -0.25) is 20.0 Å². The van der Waals surface area contributed by atoms with E-state index in [9.17, 15) is 0 Å². The molecule has 0 saturated heterocycles. The summed E-state index contributed by atoms with van der Waals surface area (Å²) in [5.74, 6) is 0. The Morgan fingerprint density at radius 1 is 0.727 bits per heavy atom. The van der Waals surface area contributed by atoms with Crippen molar-refractivity contribution in [2.24, 2.45) is 9.98 Å². The van der Waals surface area contributed by atoms with Crippen LogP contribution in [0.2, 0.25) is 0 Å². The average molecular weight is 292 g/mol. The predicted molar refractivity (Wildman–Crippen MR) is 89.7 cm³/mol. The molecule has 2 aromatic rings. The van der Waals surface area contributed by atoms with E-state index in [1.807, 2.05) is 36.7 Å². The van der Waals surface area contributed by atoms with Gasteiger partial charge < -0.3 is 0 Å². The standard InChI is InChI=1S/C18H20N4/c1-2-4-18(22-14-16-7-11-20-12-8-16)17(3-1)21-13-15-5-9-19-10-6-15/h5-14,17-18H,1-4H2/b21-13+,22-14+. The number of aliphatic imine (C=N–C) groups is 2. The summed E-state index contributed by atoms with van der Waals surface area (Å²) >= 11 is 0. The summed E-state index contributed by atoms with van der Waals surface area (Å²) < 4.78 is 0. The second-order valence-corrected chi connectivity index (χ2v) is 5.54. The third kappa shape index (κ3) is 4.07. The van der Waals surface area contributed by atoms with Crippen LogP contribution in [0.25, 0.3) is 0 Å². The fraction of sp³-hybridized carbons (Fsp3) is 0.333. The second kappa shape index (κ2) is 7.59. The predicted octanol–water partition coefficient (Wildman–Crippen LogP) is 3.33. The zero-order chi connectivity index (χ0) is 15.0. The molecule has 0 aliphatic heterocycles. The first-order valence-corrected chi connectivity index (χ1v) is 7.78. The van der Waals surface area contributed by atoms with E-state index in [0.29, 0.717) is 0 Å². The van der Waals surface area contributed by atoms with Crippen molar-refractivity contribution in [3.63, 3.8) is 0 Å². The van der Waals surface area contributed by atoms with Gasteiger partial charge in [-0.15, -0.1) is 0 Å². The topological polar surface area (TPSA) is 50.5 Å². The van der Waals surface area contributed by atoms with E-state index >= 15 is 0 Å². The Morgan fingerprint density at radius 3 is 1.55 bits per heavy atom. The summed E-state index contributed by atoms with van der Waals surface area (Å²) in [6.45, 7) is 0. The Labute approximate surface area is 131 Å². The molecule has 3 rings (SSSR count). The van der Waals surface area contributed by atoms with Gasteiger partial charge in [-0.2, -0.15) is 0 Å². The van der Waals surface area contributed by atoms with E-state index in [4.69, 9.17) is 9.98 Å². The van der Waals surface area contributed by atoms with E-state index in [-0.39, 0.29) is 12.1 Å². The molecule has 2 atom stereocenters. The molecular weight excluding hydrogens is 272 g/mol. The van der Waals surface area contributed by atoms with Crippen LogP contribution < -0.4 is 0 Å². The summed E-state index contributed by atoms with van der Waals surface area (Å²) in [5.41, 5.74) is 2.19. The number of pyridine rings is 2. The Hall–Kier alpha value is -2.36. The molecule has 1 fully saturated rings. The van der Waals surface area contributed by atoms with Crippen LogP contribution in [0.5, 0.6) is 0 Å². The zero-order valence-electron chi connectivity index (χ0n) is 12.5. The van der Waals surface area contributed by atoms with Crippen LogP contribution in [-0.2, 0) is 0 Å². The van der Waals surface area contributed by atoms with Crippen LogP contribution >= 0.6 is 0 Å². The quantitative estimate of drug-likeness (QED) is 0.812. The molecule has 0 N–H and O–H groups in total. The first-order chi connectivity index (χ1) is 10.9. The molecule has 4 nitrogen and oxygen atoms in total. The van der Waals surface area contributed by atoms with Crippen molar-refractivity contribution in [1.82, 2.24) is 9.97 Å². The van der Waals surface area contributed by atoms with Gasteiger partial charge >= 0.3 is 0 Å². The van der Waals surface area contributed by atoms with Crippen LogP contribution in [0, 0.1) is 0 Å². The molecule has 112 valence electrons. The van der Waals surface area contributed by atoms with E-state index in [1.54, 1.807) is 24.8 Å². The monoisotopic (exact) mass is 292 g/mol. The molecule has 1 aliphatic carbocycles. The maximum absolute atomic E-state index is 4.77. The van der Waals surface area contributed by atoms with Crippen LogP contribution in [0.15, 0.2) is 59.0 Å². The van der Waals surface area contributed by atoms with Gasteiger partial charge in [0, 0.05) is 37.2 Å². The van der Waals surface area contributed by atoms with Crippen molar-refractivity contribution >= 4 is 12.4 Å². The van der Waals surface area contributed by atoms with Crippen molar-refractivity contribution in [3.8, 4) is 0 Å². The van der Waals surface area contributed by atoms with Crippen molar-refractivity contribution in [1.29, 1.82) is 0 Å². The molecule has 2 heterocycles. The summed E-state index contributed by atoms with van der Waals surface area (Å²) in [7, 11) is 0. The minimum absolute atomic E-state index is 0.278. The highest BCUT2D eigenvalue weighted by atomic mass is 14.9. The van der Waals surface area contributed by atoms with Crippen molar-refractivity contribution < 1.29 is 0 Å². The van der Waals surface area contributed by atoms with Gasteiger partial charge in [0.15, 0.2) is 0 Å². The molecule has 0 radical (unpaired) electrons. The maximum Gasteiger partial charge on any atom is 0.0723 e. The molecular formula is C18H20N4. The lowest BCUT2D eigenvalue weighted by atomic mass is 9.91. The lowest BCUT2D eigenvalue weighted by Gasteiger charge is -2.25. The Balaban J connectivity index is 1.69. The molecule has 1 aliphatic rings. The molecule has 0 amide bonds. The van der Waals surface area contributed by atoms with E-state index in [2.05, 4.69) is 9.97 Å². The van der Waals surface area contributed by atoms with Gasteiger partial charge in [-0.1, -0.05) is 12.8 Å². The molecule has 4 heteroatoms. The van der Waals surface area contributed by atoms with E-state index in [0.717, 1.165) is 24.0 Å². The third-order valence-corrected chi connectivity index (χ3v) is 3.94. The first kappa shape index (κ1) is 14.6. The smallest absolute Gasteiger partial charge is 0.0723 e. The van der Waals surface area contributed by atoms with E-state index < -0.39 is 0 Å². The number of rotatable bonds is 4. The number of aromatic nitrogens is 2. The van der Waals surface area contributed by atoms with Gasteiger partial charge in [0.2, 0.25) is 0 Å². The normalized spacial score (nSPS) is 22.4. The second-order valence-electron chi connectivity index (χ2n) is 5.54. The maximum atomic E-state index is 4.77. The molecule has 2 unspecified atom stereocenters. The largest absolute Gasteiger partial charge is 0.287 e. The van der Waals surface area contributed by atoms with Crippen LogP contribution in [0.4, 0.5) is 0 Å². The Bertz CT molecular complexity index is 565. The number of nitrogens with zero attached hydrogens (tertiary/aromatic N) is 4. The Morgan fingerprint density at radius 2 is 1.14 bits per heavy atom. The zero-order valence-corrected chi connectivity index (χ0v) is 12.5. The summed E-state index contributed by atoms with van der Waals surface area (Å²) in [6.07, 6.45) is 15.8. The van der Waals surface area contributed by atoms with Gasteiger partial charge in [-0.05, 0) is 48.2 Å². The summed E-state index contributed by atoms with van der Waals surface area (Å²) in [6, 6.07) is 8.45. The lowest BCUT2D eigenvalue weighted by molar-refractivity contribution is 0.390. The highest BCUT2D eigenvalue weighted by molar-refractivity contribution is 5.80. The average Bonchev–Trinajstić information content (AvgIpc) is 2.61. The molecule has 2 aromatic heterocycles. The van der Waals surface area contributed by atoms with Crippen molar-refractivity contribution in [2.45, 2.75) is 37.8 Å². The van der Waals surface area contributed by atoms with Gasteiger partial charge in [0.05, 0.1) is 12.1 Å². The molecule has 0 spiro atoms. The summed E-state index contributed by atoms with van der Waals surface area (Å²) in [4.78, 5) is 17.6. The first-order valence-electron chi connectivity index (χ1n) is 7.78. The van der Waals surface area contributed by atoms with Crippen LogP contribution in [0.3, 0.4) is 0 Å². The minimum atomic E-state index is 0.278. The molecule has 22 heavy (non-hydrogen) atoms. The number of hydrogen-bond donors (Lipinski definition) is 0. The van der Waals surface area contributed by atoms with Gasteiger partial charge in [0.25, 0.3) is 0 Å². The highest BCUT2D eigenvalue weighted by Gasteiger charge is 2.22. The third-order valence-electron chi connectivity index (χ3n) is 3.94. The van der Waals surface area contributed by atoms with Crippen LogP contribution in [0.1, 0.15) is 36.8 Å². The van der Waals surface area contributed by atoms with Gasteiger partial charge in [-0.25, -0.2) is 0 Å². The van der Waals surface area contributed by atoms with Gasteiger partial charge in [0.1, 0.15) is 0 Å². The van der Waals surface area contributed by atoms with Crippen LogP contribution in [-0.4, -0.2) is 34.5 Å². The molecule has 0 aromatic carbocycles. The minimum Gasteiger partial charge on any atom is -0.287 e. The summed E-state index contributed by atoms with van der Waals surface area (Å²) in [5, 5.41) is 0. The fourth-order valence-electron chi connectivity index (χ4n) is 2.70. The highest BCUT2D eigenvalue weighted by Crippen LogP contribution is 2.24. The van der Waals surface area contributed by atoms with Crippen molar-refractivity contribution in [3.05, 3.63) is 60.2 Å². The fourth-order valence-corrected chi connectivity index (χ4v) is 2.70. The molecule has 0 bridgehead atoms. The SMILES string of the molecule is C(=N\C1CCCCC1/N=C/c1ccncc1)/c1ccncc1. The molecule has 1 saturated carbocycles. The lowest BCUT2D eigenvalue weighted by Crippen LogP contribution is -2.27. The Kier molecular flexibility index (Phi) is 5.03. The van der Waals surface area contributed by atoms with E-state index in [1.165, 1.54) is 12.8 Å². The van der Waals surface area contributed by atoms with Crippen molar-refractivity contribution in [2.75, 3.05) is 0 Å².